The van der Waals surface area contributed by atoms with Crippen molar-refractivity contribution in [3.63, 3.8) is 0 Å². The molecule has 0 fully saturated rings. The summed E-state index contributed by atoms with van der Waals surface area (Å²) in [7, 11) is -3.13. The summed E-state index contributed by atoms with van der Waals surface area (Å²) in [5.74, 6) is 1.37. The van der Waals surface area contributed by atoms with Crippen LogP contribution in [-0.4, -0.2) is 37.7 Å². The summed E-state index contributed by atoms with van der Waals surface area (Å²) in [4.78, 5) is 8.81. The molecule has 0 bridgehead atoms. The number of anilines is 1. The van der Waals surface area contributed by atoms with Crippen molar-refractivity contribution < 1.29 is 8.42 Å². The van der Waals surface area contributed by atoms with E-state index in [1.807, 2.05) is 27.7 Å². The van der Waals surface area contributed by atoms with Crippen LogP contribution in [0.2, 0.25) is 5.15 Å². The first-order chi connectivity index (χ1) is 9.50. The Kier molecular flexibility index (Phi) is 5.95. The van der Waals surface area contributed by atoms with E-state index in [2.05, 4.69) is 20.0 Å². The van der Waals surface area contributed by atoms with Gasteiger partial charge in [-0.15, -0.1) is 0 Å². The van der Waals surface area contributed by atoms with Gasteiger partial charge in [0.1, 0.15) is 16.8 Å². The highest BCUT2D eigenvalue weighted by Crippen LogP contribution is 2.25. The van der Waals surface area contributed by atoms with Crippen molar-refractivity contribution in [2.24, 2.45) is 0 Å². The molecule has 8 heteroatoms. The molecule has 0 amide bonds. The number of sulfonamides is 1. The fourth-order valence-corrected chi connectivity index (χ4v) is 2.23. The Labute approximate surface area is 131 Å². The largest absolute Gasteiger partial charge is 0.370 e. The van der Waals surface area contributed by atoms with Crippen LogP contribution in [0.1, 0.15) is 38.6 Å². The van der Waals surface area contributed by atoms with E-state index in [9.17, 15) is 8.42 Å². The first-order valence-electron chi connectivity index (χ1n) is 6.74. The number of halogens is 1. The highest BCUT2D eigenvalue weighted by Gasteiger charge is 2.20. The highest BCUT2D eigenvalue weighted by atomic mass is 35.5. The summed E-state index contributed by atoms with van der Waals surface area (Å²) in [5, 5.41) is 3.62. The average molecular weight is 335 g/mol. The Morgan fingerprint density at radius 2 is 1.81 bits per heavy atom. The lowest BCUT2D eigenvalue weighted by Gasteiger charge is -2.19. The Hall–Kier alpha value is -0.920. The molecule has 0 spiro atoms. The van der Waals surface area contributed by atoms with Crippen LogP contribution >= 0.6 is 11.6 Å². The number of rotatable bonds is 6. The van der Waals surface area contributed by atoms with Gasteiger partial charge in [-0.2, -0.15) is 0 Å². The van der Waals surface area contributed by atoms with Crippen LogP contribution in [0.15, 0.2) is 0 Å². The minimum Gasteiger partial charge on any atom is -0.370 e. The van der Waals surface area contributed by atoms with Gasteiger partial charge in [0.05, 0.1) is 6.26 Å². The van der Waals surface area contributed by atoms with Crippen molar-refractivity contribution in [1.82, 2.24) is 14.7 Å². The van der Waals surface area contributed by atoms with Gasteiger partial charge in [-0.05, 0) is 13.3 Å². The van der Waals surface area contributed by atoms with Gasteiger partial charge in [-0.25, -0.2) is 23.1 Å². The summed E-state index contributed by atoms with van der Waals surface area (Å²) in [6.45, 7) is 8.90. The molecule has 0 saturated heterocycles. The second-order valence-corrected chi connectivity index (χ2v) is 8.20. The average Bonchev–Trinajstić information content (AvgIpc) is 2.30. The Morgan fingerprint density at radius 3 is 2.33 bits per heavy atom. The van der Waals surface area contributed by atoms with Crippen molar-refractivity contribution in [3.8, 4) is 0 Å². The topological polar surface area (TPSA) is 84.0 Å². The lowest BCUT2D eigenvalue weighted by molar-refractivity contribution is 0.545. The standard InChI is InChI=1S/C13H23ClN4O2S/c1-9-10(14)17-12(13(2,3)4)18-11(9)15-7-6-8-16-21(5,19)20/h16H,6-8H2,1-5H3,(H,15,17,18). The summed E-state index contributed by atoms with van der Waals surface area (Å²) < 4.78 is 24.3. The zero-order valence-corrected chi connectivity index (χ0v) is 14.7. The first-order valence-corrected chi connectivity index (χ1v) is 9.01. The molecule has 120 valence electrons. The van der Waals surface area contributed by atoms with Gasteiger partial charge in [0.2, 0.25) is 10.0 Å². The van der Waals surface area contributed by atoms with Crippen LogP contribution in [0.25, 0.3) is 0 Å². The SMILES string of the molecule is Cc1c(Cl)nc(C(C)(C)C)nc1NCCCNS(C)(=O)=O. The maximum atomic E-state index is 10.9. The van der Waals surface area contributed by atoms with Crippen molar-refractivity contribution in [1.29, 1.82) is 0 Å². The quantitative estimate of drug-likeness (QED) is 0.614. The number of hydrogen-bond donors (Lipinski definition) is 2. The number of nitrogens with one attached hydrogen (secondary N) is 2. The molecule has 6 nitrogen and oxygen atoms in total. The Bertz CT molecular complexity index is 597. The summed E-state index contributed by atoms with van der Waals surface area (Å²) in [5.41, 5.74) is 0.603. The van der Waals surface area contributed by atoms with Gasteiger partial charge in [0.25, 0.3) is 0 Å². The molecule has 0 aromatic carbocycles. The van der Waals surface area contributed by atoms with Crippen LogP contribution in [0.5, 0.6) is 0 Å². The normalized spacial score (nSPS) is 12.5. The van der Waals surface area contributed by atoms with Crippen LogP contribution in [0.3, 0.4) is 0 Å². The molecule has 1 aromatic rings. The number of nitrogens with zero attached hydrogens (tertiary/aromatic N) is 2. The van der Waals surface area contributed by atoms with E-state index >= 15 is 0 Å². The zero-order chi connectivity index (χ0) is 16.3. The van der Waals surface area contributed by atoms with E-state index in [0.717, 1.165) is 11.8 Å². The molecule has 0 saturated carbocycles. The van der Waals surface area contributed by atoms with Gasteiger partial charge in [-0.3, -0.25) is 0 Å². The molecule has 2 N–H and O–H groups in total. The number of aromatic nitrogens is 2. The predicted molar refractivity (Wildman–Crippen MR) is 86.4 cm³/mol. The third-order valence-corrected chi connectivity index (χ3v) is 3.86. The predicted octanol–water partition coefficient (Wildman–Crippen LogP) is 2.09. The maximum Gasteiger partial charge on any atom is 0.208 e. The third-order valence-electron chi connectivity index (χ3n) is 2.77. The fraction of sp³-hybridized carbons (Fsp3) is 0.692. The van der Waals surface area contributed by atoms with Gasteiger partial charge in [-0.1, -0.05) is 32.4 Å². The molecule has 21 heavy (non-hydrogen) atoms. The van der Waals surface area contributed by atoms with Gasteiger partial charge in [0, 0.05) is 24.1 Å². The van der Waals surface area contributed by atoms with Gasteiger partial charge in [0.15, 0.2) is 0 Å². The molecular weight excluding hydrogens is 312 g/mol. The van der Waals surface area contributed by atoms with E-state index < -0.39 is 10.0 Å². The third kappa shape index (κ3) is 6.15. The Morgan fingerprint density at radius 1 is 1.19 bits per heavy atom. The lowest BCUT2D eigenvalue weighted by atomic mass is 9.95. The smallest absolute Gasteiger partial charge is 0.208 e. The maximum absolute atomic E-state index is 10.9. The van der Waals surface area contributed by atoms with E-state index in [1.54, 1.807) is 0 Å². The Balaban J connectivity index is 2.69. The van der Waals surface area contributed by atoms with Crippen LogP contribution in [0.4, 0.5) is 5.82 Å². The lowest BCUT2D eigenvalue weighted by Crippen LogP contribution is -2.25. The molecule has 0 aliphatic rings. The zero-order valence-electron chi connectivity index (χ0n) is 13.1. The molecule has 1 rings (SSSR count). The molecule has 1 aromatic heterocycles. The van der Waals surface area contributed by atoms with Crippen molar-refractivity contribution in [2.45, 2.75) is 39.5 Å². The number of hydrogen-bond acceptors (Lipinski definition) is 5. The summed E-state index contributed by atoms with van der Waals surface area (Å²) in [6.07, 6.45) is 1.80. The molecule has 0 unspecified atom stereocenters. The second-order valence-electron chi connectivity index (χ2n) is 6.01. The molecule has 0 aliphatic heterocycles. The molecule has 0 radical (unpaired) electrons. The van der Waals surface area contributed by atoms with Crippen LogP contribution in [0, 0.1) is 6.92 Å². The first kappa shape index (κ1) is 18.1. The van der Waals surface area contributed by atoms with Gasteiger partial charge < -0.3 is 5.32 Å². The minimum absolute atomic E-state index is 0.189. The van der Waals surface area contributed by atoms with Crippen LogP contribution < -0.4 is 10.0 Å². The molecule has 0 atom stereocenters. The van der Waals surface area contributed by atoms with Gasteiger partial charge >= 0.3 is 0 Å². The van der Waals surface area contributed by atoms with Crippen LogP contribution in [-0.2, 0) is 15.4 Å². The van der Waals surface area contributed by atoms with E-state index in [-0.39, 0.29) is 5.41 Å². The van der Waals surface area contributed by atoms with Crippen molar-refractivity contribution in [2.75, 3.05) is 24.7 Å². The fourth-order valence-electron chi connectivity index (χ4n) is 1.55. The molecule has 1 heterocycles. The van der Waals surface area contributed by atoms with E-state index in [0.29, 0.717) is 36.3 Å². The summed E-state index contributed by atoms with van der Waals surface area (Å²) in [6, 6.07) is 0. The molecular formula is C13H23ClN4O2S. The molecule has 0 aliphatic carbocycles. The van der Waals surface area contributed by atoms with E-state index in [4.69, 9.17) is 11.6 Å². The second kappa shape index (κ2) is 6.89. The minimum atomic E-state index is -3.13. The monoisotopic (exact) mass is 334 g/mol. The summed E-state index contributed by atoms with van der Waals surface area (Å²) >= 11 is 6.14. The van der Waals surface area contributed by atoms with Crippen molar-refractivity contribution >= 4 is 27.4 Å². The highest BCUT2D eigenvalue weighted by molar-refractivity contribution is 7.88. The van der Waals surface area contributed by atoms with E-state index in [1.165, 1.54) is 0 Å². The van der Waals surface area contributed by atoms with Crippen molar-refractivity contribution in [3.05, 3.63) is 16.5 Å².